The Bertz CT molecular complexity index is 506. The first-order valence-corrected chi connectivity index (χ1v) is 6.94. The van der Waals surface area contributed by atoms with Crippen LogP contribution in [-0.2, 0) is 11.8 Å². The second kappa shape index (κ2) is 4.41. The normalized spacial score (nSPS) is 17.7. The van der Waals surface area contributed by atoms with Crippen LogP contribution < -0.4 is 5.32 Å². The fraction of sp³-hybridized carbons (Fsp3) is 0.308. The first-order chi connectivity index (χ1) is 8.28. The molecule has 0 unspecified atom stereocenters. The average Bonchev–Trinajstić information content (AvgIpc) is 2.76. The lowest BCUT2D eigenvalue weighted by atomic mass is 9.72. The third-order valence-corrected chi connectivity index (χ3v) is 4.24. The summed E-state index contributed by atoms with van der Waals surface area (Å²) in [6.07, 6.45) is 0.990. The van der Waals surface area contributed by atoms with Gasteiger partial charge in [-0.1, -0.05) is 23.7 Å². The zero-order chi connectivity index (χ0) is 11.7. The maximum Gasteiger partial charge on any atom is 0.0794 e. The molecule has 0 bridgehead atoms. The van der Waals surface area contributed by atoms with Crippen molar-refractivity contribution in [3.63, 3.8) is 0 Å². The number of nitrogens with zero attached hydrogens (tertiary/aromatic N) is 1. The van der Waals surface area contributed by atoms with Crippen LogP contribution in [-0.4, -0.2) is 18.1 Å². The first-order valence-electron chi connectivity index (χ1n) is 5.62. The molecule has 17 heavy (non-hydrogen) atoms. The van der Waals surface area contributed by atoms with Crippen molar-refractivity contribution in [1.29, 1.82) is 0 Å². The largest absolute Gasteiger partial charge is 0.315 e. The highest BCUT2D eigenvalue weighted by molar-refractivity contribution is 7.07. The standard InChI is InChI=1S/C13H13ClN2S/c14-11-3-1-2-10(4-11)13(7-15-8-13)5-12-6-17-9-16-12/h1-4,6,9,15H,5,7-8H2. The summed E-state index contributed by atoms with van der Waals surface area (Å²) in [5.74, 6) is 0. The van der Waals surface area contributed by atoms with Crippen LogP contribution in [0.25, 0.3) is 0 Å². The number of rotatable bonds is 3. The molecule has 0 amide bonds. The Kier molecular flexibility index (Phi) is 2.90. The molecule has 1 saturated heterocycles. The smallest absolute Gasteiger partial charge is 0.0794 e. The summed E-state index contributed by atoms with van der Waals surface area (Å²) in [4.78, 5) is 4.39. The van der Waals surface area contributed by atoms with Crippen molar-refractivity contribution in [3.05, 3.63) is 51.4 Å². The van der Waals surface area contributed by atoms with E-state index in [4.69, 9.17) is 11.6 Å². The number of hydrogen-bond acceptors (Lipinski definition) is 3. The van der Waals surface area contributed by atoms with Gasteiger partial charge in [-0.15, -0.1) is 11.3 Å². The van der Waals surface area contributed by atoms with Crippen molar-refractivity contribution in [2.24, 2.45) is 0 Å². The summed E-state index contributed by atoms with van der Waals surface area (Å²) in [5, 5.41) is 6.31. The van der Waals surface area contributed by atoms with Crippen LogP contribution >= 0.6 is 22.9 Å². The molecule has 4 heteroatoms. The number of hydrogen-bond donors (Lipinski definition) is 1. The number of nitrogens with one attached hydrogen (secondary N) is 1. The summed E-state index contributed by atoms with van der Waals surface area (Å²) in [5.41, 5.74) is 4.57. The lowest BCUT2D eigenvalue weighted by Crippen LogP contribution is -2.58. The fourth-order valence-electron chi connectivity index (χ4n) is 2.35. The van der Waals surface area contributed by atoms with Gasteiger partial charge in [0.1, 0.15) is 0 Å². The predicted octanol–water partition coefficient (Wildman–Crippen LogP) is 2.88. The highest BCUT2D eigenvalue weighted by Crippen LogP contribution is 2.33. The molecule has 88 valence electrons. The van der Waals surface area contributed by atoms with E-state index in [2.05, 4.69) is 27.8 Å². The minimum Gasteiger partial charge on any atom is -0.315 e. The van der Waals surface area contributed by atoms with E-state index in [-0.39, 0.29) is 5.41 Å². The Morgan fingerprint density at radius 2 is 2.29 bits per heavy atom. The third-order valence-electron chi connectivity index (χ3n) is 3.37. The van der Waals surface area contributed by atoms with Gasteiger partial charge in [0, 0.05) is 35.3 Å². The van der Waals surface area contributed by atoms with Crippen LogP contribution in [0.15, 0.2) is 35.2 Å². The molecule has 2 aromatic rings. The van der Waals surface area contributed by atoms with Crippen molar-refractivity contribution >= 4 is 22.9 Å². The van der Waals surface area contributed by atoms with E-state index in [9.17, 15) is 0 Å². The molecule has 0 radical (unpaired) electrons. The number of aromatic nitrogens is 1. The van der Waals surface area contributed by atoms with Gasteiger partial charge >= 0.3 is 0 Å². The summed E-state index contributed by atoms with van der Waals surface area (Å²) in [6, 6.07) is 8.19. The van der Waals surface area contributed by atoms with E-state index in [1.807, 2.05) is 17.6 Å². The van der Waals surface area contributed by atoms with Crippen molar-refractivity contribution < 1.29 is 0 Å². The molecule has 1 fully saturated rings. The van der Waals surface area contributed by atoms with E-state index >= 15 is 0 Å². The molecule has 0 spiro atoms. The number of thiazole rings is 1. The van der Waals surface area contributed by atoms with Gasteiger partial charge in [0.05, 0.1) is 11.2 Å². The van der Waals surface area contributed by atoms with Crippen LogP contribution in [0.2, 0.25) is 5.02 Å². The Hall–Kier alpha value is -0.900. The molecule has 1 N–H and O–H groups in total. The summed E-state index contributed by atoms with van der Waals surface area (Å²) < 4.78 is 0. The van der Waals surface area contributed by atoms with E-state index in [0.717, 1.165) is 24.5 Å². The first kappa shape index (κ1) is 11.2. The van der Waals surface area contributed by atoms with E-state index in [0.29, 0.717) is 0 Å². The predicted molar refractivity (Wildman–Crippen MR) is 71.8 cm³/mol. The molecule has 3 rings (SSSR count). The molecule has 2 nitrogen and oxygen atoms in total. The highest BCUT2D eigenvalue weighted by Gasteiger charge is 2.39. The van der Waals surface area contributed by atoms with Gasteiger partial charge in [-0.25, -0.2) is 4.98 Å². The SMILES string of the molecule is Clc1cccc(C2(Cc3cscn3)CNC2)c1. The second-order valence-corrected chi connectivity index (χ2v) is 5.71. The summed E-state index contributed by atoms with van der Waals surface area (Å²) in [6.45, 7) is 2.01. The number of halogens is 1. The molecule has 1 aliphatic heterocycles. The van der Waals surface area contributed by atoms with Gasteiger partial charge < -0.3 is 5.32 Å². The van der Waals surface area contributed by atoms with Crippen LogP contribution in [0.4, 0.5) is 0 Å². The lowest BCUT2D eigenvalue weighted by molar-refractivity contribution is 0.273. The van der Waals surface area contributed by atoms with Gasteiger partial charge in [-0.05, 0) is 17.7 Å². The molecule has 1 aromatic carbocycles. The Labute approximate surface area is 110 Å². The van der Waals surface area contributed by atoms with Crippen LogP contribution in [0.5, 0.6) is 0 Å². The molecule has 0 saturated carbocycles. The van der Waals surface area contributed by atoms with Crippen molar-refractivity contribution in [3.8, 4) is 0 Å². The van der Waals surface area contributed by atoms with Crippen LogP contribution in [0, 0.1) is 0 Å². The zero-order valence-corrected chi connectivity index (χ0v) is 10.9. The molecular formula is C13H13ClN2S. The Morgan fingerprint density at radius 3 is 2.88 bits per heavy atom. The molecule has 0 atom stereocenters. The number of benzene rings is 1. The van der Waals surface area contributed by atoms with Crippen LogP contribution in [0.1, 0.15) is 11.3 Å². The fourth-order valence-corrected chi connectivity index (χ4v) is 3.10. The van der Waals surface area contributed by atoms with E-state index < -0.39 is 0 Å². The van der Waals surface area contributed by atoms with E-state index in [1.165, 1.54) is 11.3 Å². The van der Waals surface area contributed by atoms with Gasteiger partial charge in [0.2, 0.25) is 0 Å². The lowest BCUT2D eigenvalue weighted by Gasteiger charge is -2.43. The average molecular weight is 265 g/mol. The van der Waals surface area contributed by atoms with Crippen molar-refractivity contribution in [1.82, 2.24) is 10.3 Å². The molecule has 1 aliphatic rings. The Balaban J connectivity index is 1.92. The van der Waals surface area contributed by atoms with Gasteiger partial charge in [-0.2, -0.15) is 0 Å². The van der Waals surface area contributed by atoms with Gasteiger partial charge in [0.15, 0.2) is 0 Å². The van der Waals surface area contributed by atoms with Gasteiger partial charge in [-0.3, -0.25) is 0 Å². The second-order valence-electron chi connectivity index (χ2n) is 4.55. The molecular weight excluding hydrogens is 252 g/mol. The summed E-state index contributed by atoms with van der Waals surface area (Å²) in [7, 11) is 0. The van der Waals surface area contributed by atoms with Crippen molar-refractivity contribution in [2.75, 3.05) is 13.1 Å². The Morgan fingerprint density at radius 1 is 1.41 bits per heavy atom. The van der Waals surface area contributed by atoms with Crippen molar-refractivity contribution in [2.45, 2.75) is 11.8 Å². The maximum atomic E-state index is 6.08. The van der Waals surface area contributed by atoms with Gasteiger partial charge in [0.25, 0.3) is 0 Å². The molecule has 0 aliphatic carbocycles. The maximum absolute atomic E-state index is 6.08. The van der Waals surface area contributed by atoms with Crippen LogP contribution in [0.3, 0.4) is 0 Å². The zero-order valence-electron chi connectivity index (χ0n) is 9.32. The minimum atomic E-state index is 0.180. The third kappa shape index (κ3) is 2.10. The summed E-state index contributed by atoms with van der Waals surface area (Å²) >= 11 is 7.74. The monoisotopic (exact) mass is 264 g/mol. The quantitative estimate of drug-likeness (QED) is 0.922. The molecule has 1 aromatic heterocycles. The molecule has 2 heterocycles. The van der Waals surface area contributed by atoms with E-state index in [1.54, 1.807) is 11.3 Å². The highest BCUT2D eigenvalue weighted by atomic mass is 35.5. The topological polar surface area (TPSA) is 24.9 Å². The minimum absolute atomic E-state index is 0.180.